The number of aryl methyl sites for hydroxylation is 2. The number of aliphatic imine (C=N–C) groups is 1. The van der Waals surface area contributed by atoms with E-state index < -0.39 is 0 Å². The molecule has 3 aromatic carbocycles. The van der Waals surface area contributed by atoms with Gasteiger partial charge in [0, 0.05) is 10.6 Å². The molecule has 0 unspecified atom stereocenters. The third-order valence-electron chi connectivity index (χ3n) is 5.32. The van der Waals surface area contributed by atoms with E-state index in [4.69, 9.17) is 16.6 Å². The van der Waals surface area contributed by atoms with Crippen molar-refractivity contribution in [1.29, 1.82) is 0 Å². The van der Waals surface area contributed by atoms with Gasteiger partial charge in [-0.25, -0.2) is 4.99 Å². The monoisotopic (exact) mass is 588 g/mol. The topological polar surface area (TPSA) is 52.9 Å². The molecule has 0 aromatic heterocycles. The summed E-state index contributed by atoms with van der Waals surface area (Å²) in [5.74, 6) is -0.0946. The first-order valence-electron chi connectivity index (χ1n) is 10.6. The second-order valence-corrected chi connectivity index (χ2v) is 10.1. The van der Waals surface area contributed by atoms with Crippen molar-refractivity contribution in [2.24, 2.45) is 4.99 Å². The fraction of sp³-hybridized carbons (Fsp3) is 0.154. The number of aromatic hydroxyl groups is 1. The van der Waals surface area contributed by atoms with Crippen LogP contribution >= 0.6 is 46.0 Å². The number of hydrogen-bond acceptors (Lipinski definition) is 4. The van der Waals surface area contributed by atoms with Crippen LogP contribution in [0, 0.1) is 3.57 Å². The van der Waals surface area contributed by atoms with Gasteiger partial charge in [0.05, 0.1) is 19.9 Å². The van der Waals surface area contributed by atoms with Crippen LogP contribution in [0.4, 0.5) is 11.4 Å². The number of amidine groups is 1. The van der Waals surface area contributed by atoms with E-state index in [1.807, 2.05) is 71.1 Å². The number of thioether (sulfide) groups is 1. The predicted molar refractivity (Wildman–Crippen MR) is 148 cm³/mol. The van der Waals surface area contributed by atoms with E-state index in [1.54, 1.807) is 23.1 Å². The quantitative estimate of drug-likeness (QED) is 0.247. The number of nitrogens with zero attached hydrogens (tertiary/aromatic N) is 2. The van der Waals surface area contributed by atoms with Crippen LogP contribution in [0.5, 0.6) is 5.75 Å². The van der Waals surface area contributed by atoms with Gasteiger partial charge in [-0.05, 0) is 101 Å². The third kappa shape index (κ3) is 5.28. The Labute approximate surface area is 216 Å². The van der Waals surface area contributed by atoms with Crippen molar-refractivity contribution in [3.05, 3.63) is 90.9 Å². The van der Waals surface area contributed by atoms with Crippen LogP contribution in [0.1, 0.15) is 30.5 Å². The minimum Gasteiger partial charge on any atom is -0.506 e. The maximum atomic E-state index is 13.5. The first-order chi connectivity index (χ1) is 15.9. The molecule has 4 nitrogen and oxygen atoms in total. The largest absolute Gasteiger partial charge is 0.506 e. The molecule has 33 heavy (non-hydrogen) atoms. The van der Waals surface area contributed by atoms with Gasteiger partial charge in [-0.2, -0.15) is 0 Å². The van der Waals surface area contributed by atoms with E-state index in [0.717, 1.165) is 24.2 Å². The number of hydrogen-bond donors (Lipinski definition) is 1. The van der Waals surface area contributed by atoms with Crippen LogP contribution in [0.15, 0.2) is 70.6 Å². The van der Waals surface area contributed by atoms with Gasteiger partial charge in [0.2, 0.25) is 0 Å². The third-order valence-corrected chi connectivity index (χ3v) is 7.33. The zero-order valence-electron chi connectivity index (χ0n) is 18.2. The highest BCUT2D eigenvalue weighted by atomic mass is 127. The van der Waals surface area contributed by atoms with E-state index in [2.05, 4.69) is 13.8 Å². The SMILES string of the molecule is CCc1ccc(N=C2S/C(=C\c3cc(Cl)cc(I)c3O)C(=O)N2c2ccc(CC)cc2)cc1. The summed E-state index contributed by atoms with van der Waals surface area (Å²) in [6, 6.07) is 19.3. The fourth-order valence-corrected chi connectivity index (χ4v) is 5.46. The van der Waals surface area contributed by atoms with Gasteiger partial charge >= 0.3 is 0 Å². The van der Waals surface area contributed by atoms with Crippen LogP contribution in [0.3, 0.4) is 0 Å². The Morgan fingerprint density at radius 2 is 1.64 bits per heavy atom. The molecule has 0 bridgehead atoms. The van der Waals surface area contributed by atoms with Crippen molar-refractivity contribution in [3.63, 3.8) is 0 Å². The predicted octanol–water partition coefficient (Wildman–Crippen LogP) is 7.58. The summed E-state index contributed by atoms with van der Waals surface area (Å²) in [5, 5.41) is 11.5. The molecule has 168 valence electrons. The molecule has 0 aliphatic carbocycles. The number of phenols is 1. The lowest BCUT2D eigenvalue weighted by atomic mass is 10.1. The summed E-state index contributed by atoms with van der Waals surface area (Å²) in [6.07, 6.45) is 3.55. The fourth-order valence-electron chi connectivity index (χ4n) is 3.41. The maximum Gasteiger partial charge on any atom is 0.271 e. The Morgan fingerprint density at radius 1 is 1.03 bits per heavy atom. The maximum absolute atomic E-state index is 13.5. The lowest BCUT2D eigenvalue weighted by Gasteiger charge is -2.16. The van der Waals surface area contributed by atoms with Gasteiger partial charge in [-0.15, -0.1) is 0 Å². The molecule has 0 saturated carbocycles. The van der Waals surface area contributed by atoms with Crippen LogP contribution in [-0.4, -0.2) is 16.2 Å². The van der Waals surface area contributed by atoms with Crippen LogP contribution in [0.2, 0.25) is 5.02 Å². The molecule has 1 saturated heterocycles. The van der Waals surface area contributed by atoms with E-state index in [9.17, 15) is 9.90 Å². The molecule has 7 heteroatoms. The Bertz CT molecular complexity index is 1250. The average molecular weight is 589 g/mol. The Hall–Kier alpha value is -2.29. The van der Waals surface area contributed by atoms with Gasteiger partial charge < -0.3 is 5.11 Å². The summed E-state index contributed by atoms with van der Waals surface area (Å²) in [5.41, 5.74) is 4.45. The van der Waals surface area contributed by atoms with Gasteiger partial charge in [0.25, 0.3) is 5.91 Å². The van der Waals surface area contributed by atoms with E-state index in [1.165, 1.54) is 22.9 Å². The van der Waals surface area contributed by atoms with Crippen LogP contribution in [-0.2, 0) is 17.6 Å². The summed E-state index contributed by atoms with van der Waals surface area (Å²) in [4.78, 5) is 20.4. The molecule has 4 rings (SSSR count). The molecule has 0 spiro atoms. The summed E-state index contributed by atoms with van der Waals surface area (Å²) < 4.78 is 0.624. The summed E-state index contributed by atoms with van der Waals surface area (Å²) in [6.45, 7) is 4.20. The molecule has 1 fully saturated rings. The normalized spacial score (nSPS) is 16.2. The van der Waals surface area contributed by atoms with Gasteiger partial charge in [0.1, 0.15) is 5.75 Å². The number of rotatable bonds is 5. The molecule has 3 aromatic rings. The van der Waals surface area contributed by atoms with Gasteiger partial charge in [-0.1, -0.05) is 49.7 Å². The van der Waals surface area contributed by atoms with Crippen molar-refractivity contribution in [2.45, 2.75) is 26.7 Å². The number of amides is 1. The second-order valence-electron chi connectivity index (χ2n) is 7.51. The van der Waals surface area contributed by atoms with Crippen molar-refractivity contribution in [1.82, 2.24) is 0 Å². The number of anilines is 1. The molecular weight excluding hydrogens is 567 g/mol. The Kier molecular flexibility index (Phi) is 7.46. The number of benzene rings is 3. The first kappa shape index (κ1) is 23.9. The first-order valence-corrected chi connectivity index (χ1v) is 12.9. The zero-order chi connectivity index (χ0) is 23.5. The van der Waals surface area contributed by atoms with E-state index in [0.29, 0.717) is 24.2 Å². The van der Waals surface area contributed by atoms with Crippen molar-refractivity contribution in [3.8, 4) is 5.75 Å². The van der Waals surface area contributed by atoms with Gasteiger partial charge in [0.15, 0.2) is 5.17 Å². The summed E-state index contributed by atoms with van der Waals surface area (Å²) >= 11 is 9.49. The Morgan fingerprint density at radius 3 is 2.24 bits per heavy atom. The smallest absolute Gasteiger partial charge is 0.271 e. The molecule has 1 amide bonds. The minimum atomic E-state index is -0.192. The lowest BCUT2D eigenvalue weighted by Crippen LogP contribution is -2.28. The van der Waals surface area contributed by atoms with E-state index >= 15 is 0 Å². The second kappa shape index (κ2) is 10.3. The van der Waals surface area contributed by atoms with E-state index in [-0.39, 0.29) is 11.7 Å². The molecule has 0 radical (unpaired) electrons. The van der Waals surface area contributed by atoms with Crippen LogP contribution < -0.4 is 4.90 Å². The highest BCUT2D eigenvalue weighted by Crippen LogP contribution is 2.39. The summed E-state index contributed by atoms with van der Waals surface area (Å²) in [7, 11) is 0. The molecular formula is C26H22ClIN2O2S. The molecule has 1 aliphatic rings. The zero-order valence-corrected chi connectivity index (χ0v) is 21.9. The average Bonchev–Trinajstić information content (AvgIpc) is 3.12. The molecule has 1 heterocycles. The molecule has 1 aliphatic heterocycles. The van der Waals surface area contributed by atoms with Crippen molar-refractivity contribution >= 4 is 74.5 Å². The van der Waals surface area contributed by atoms with Crippen molar-refractivity contribution in [2.75, 3.05) is 4.90 Å². The number of phenolic OH excluding ortho intramolecular Hbond substituents is 1. The minimum absolute atomic E-state index is 0.0975. The highest BCUT2D eigenvalue weighted by Gasteiger charge is 2.35. The number of halogens is 2. The van der Waals surface area contributed by atoms with Crippen molar-refractivity contribution < 1.29 is 9.90 Å². The lowest BCUT2D eigenvalue weighted by molar-refractivity contribution is -0.113. The van der Waals surface area contributed by atoms with Gasteiger partial charge in [-0.3, -0.25) is 9.69 Å². The standard InChI is InChI=1S/C26H22ClIN2O2S/c1-3-16-5-9-20(10-6-16)29-26-30(21-11-7-17(4-2)8-12-21)25(32)23(33-26)14-18-13-19(27)15-22(28)24(18)31/h5-15,31H,3-4H2,1-2H3/b23-14-,29-26?. The molecule has 0 atom stereocenters. The highest BCUT2D eigenvalue weighted by molar-refractivity contribution is 14.1. The Balaban J connectivity index is 1.78. The van der Waals surface area contributed by atoms with Crippen LogP contribution in [0.25, 0.3) is 6.08 Å². The molecule has 1 N–H and O–H groups in total. The number of carbonyl (C=O) groups is 1. The number of carbonyl (C=O) groups excluding carboxylic acids is 1.